The van der Waals surface area contributed by atoms with E-state index in [-0.39, 0.29) is 11.8 Å². The van der Waals surface area contributed by atoms with Gasteiger partial charge in [0.15, 0.2) is 0 Å². The number of nitrogens with one attached hydrogen (secondary N) is 1. The molecule has 0 unspecified atom stereocenters. The van der Waals surface area contributed by atoms with E-state index in [0.717, 1.165) is 16.9 Å². The van der Waals surface area contributed by atoms with Crippen molar-refractivity contribution in [3.05, 3.63) is 59.4 Å². The van der Waals surface area contributed by atoms with Gasteiger partial charge in [-0.2, -0.15) is 5.26 Å². The van der Waals surface area contributed by atoms with Gasteiger partial charge in [-0.25, -0.2) is 4.39 Å². The lowest BCUT2D eigenvalue weighted by molar-refractivity contribution is -0.120. The number of hydrogen-bond donors (Lipinski definition) is 1. The van der Waals surface area contributed by atoms with E-state index in [1.54, 1.807) is 6.07 Å². The highest BCUT2D eigenvalue weighted by Gasteiger charge is 2.26. The highest BCUT2D eigenvalue weighted by molar-refractivity contribution is 5.93. The molecule has 0 spiro atoms. The van der Waals surface area contributed by atoms with Gasteiger partial charge in [-0.3, -0.25) is 4.79 Å². The molecular formula is C22H24FN3O2. The third kappa shape index (κ3) is 4.68. The molecule has 146 valence electrons. The molecule has 1 heterocycles. The Bertz CT molecular complexity index is 870. The molecule has 1 N–H and O–H groups in total. The number of amides is 1. The second-order valence-corrected chi connectivity index (χ2v) is 6.82. The van der Waals surface area contributed by atoms with Crippen LogP contribution in [0.25, 0.3) is 0 Å². The van der Waals surface area contributed by atoms with Crippen molar-refractivity contribution < 1.29 is 13.9 Å². The number of nitriles is 1. The molecule has 0 radical (unpaired) electrons. The van der Waals surface area contributed by atoms with Crippen LogP contribution in [0, 0.1) is 23.1 Å². The van der Waals surface area contributed by atoms with Crippen LogP contribution in [0.15, 0.2) is 42.5 Å². The van der Waals surface area contributed by atoms with Crippen LogP contribution in [0.4, 0.5) is 15.8 Å². The average Bonchev–Trinajstić information content (AvgIpc) is 2.73. The number of hydrogen-bond acceptors (Lipinski definition) is 4. The van der Waals surface area contributed by atoms with Gasteiger partial charge in [-0.05, 0) is 44.0 Å². The van der Waals surface area contributed by atoms with E-state index in [0.29, 0.717) is 44.7 Å². The lowest BCUT2D eigenvalue weighted by atomic mass is 9.94. The highest BCUT2D eigenvalue weighted by atomic mass is 19.1. The first-order valence-electron chi connectivity index (χ1n) is 9.53. The van der Waals surface area contributed by atoms with Crippen molar-refractivity contribution in [3.8, 4) is 6.07 Å². The molecule has 5 nitrogen and oxygen atoms in total. The second-order valence-electron chi connectivity index (χ2n) is 6.82. The first kappa shape index (κ1) is 19.8. The zero-order valence-corrected chi connectivity index (χ0v) is 16.0. The predicted octanol–water partition coefficient (Wildman–Crippen LogP) is 4.09. The topological polar surface area (TPSA) is 65.4 Å². The van der Waals surface area contributed by atoms with Gasteiger partial charge in [0.05, 0.1) is 17.9 Å². The number of piperidine rings is 1. The highest BCUT2D eigenvalue weighted by Crippen LogP contribution is 2.28. The van der Waals surface area contributed by atoms with E-state index in [2.05, 4.69) is 11.4 Å². The first-order chi connectivity index (χ1) is 13.6. The Morgan fingerprint density at radius 1 is 1.29 bits per heavy atom. The number of halogens is 1. The van der Waals surface area contributed by atoms with Gasteiger partial charge < -0.3 is 15.0 Å². The summed E-state index contributed by atoms with van der Waals surface area (Å²) < 4.78 is 18.8. The fourth-order valence-electron chi connectivity index (χ4n) is 3.47. The standard InChI is InChI=1S/C22H24FN3O2/c1-2-28-15-17-5-3-4-6-20(17)25-22(27)16-9-11-26(12-10-16)21-8-7-19(23)13-18(21)14-24/h3-8,13,16H,2,9-12,15H2,1H3,(H,25,27). The number of benzene rings is 2. The SMILES string of the molecule is CCOCc1ccccc1NC(=O)C1CCN(c2ccc(F)cc2C#N)CC1. The first-order valence-corrected chi connectivity index (χ1v) is 9.53. The Labute approximate surface area is 164 Å². The summed E-state index contributed by atoms with van der Waals surface area (Å²) in [5, 5.41) is 12.3. The maximum atomic E-state index is 13.4. The summed E-state index contributed by atoms with van der Waals surface area (Å²) in [6.45, 7) is 4.33. The molecule has 3 rings (SSSR count). The van der Waals surface area contributed by atoms with E-state index in [4.69, 9.17) is 4.74 Å². The molecule has 1 aliphatic heterocycles. The predicted molar refractivity (Wildman–Crippen MR) is 106 cm³/mol. The van der Waals surface area contributed by atoms with E-state index in [1.165, 1.54) is 12.1 Å². The van der Waals surface area contributed by atoms with E-state index < -0.39 is 5.82 Å². The summed E-state index contributed by atoms with van der Waals surface area (Å²) in [5.41, 5.74) is 2.80. The molecule has 0 aromatic heterocycles. The number of carbonyl (C=O) groups excluding carboxylic acids is 1. The van der Waals surface area contributed by atoms with E-state index in [1.807, 2.05) is 36.1 Å². The molecule has 1 saturated heterocycles. The Hall–Kier alpha value is -2.91. The summed E-state index contributed by atoms with van der Waals surface area (Å²) in [5.74, 6) is -0.508. The van der Waals surface area contributed by atoms with Gasteiger partial charge in [0.2, 0.25) is 5.91 Å². The monoisotopic (exact) mass is 381 g/mol. The van der Waals surface area contributed by atoms with Crippen LogP contribution in [0.1, 0.15) is 30.9 Å². The van der Waals surface area contributed by atoms with Crippen molar-refractivity contribution >= 4 is 17.3 Å². The third-order valence-electron chi connectivity index (χ3n) is 5.02. The number of rotatable bonds is 6. The van der Waals surface area contributed by atoms with Gasteiger partial charge in [0, 0.05) is 36.9 Å². The molecular weight excluding hydrogens is 357 g/mol. The van der Waals surface area contributed by atoms with Crippen molar-refractivity contribution in [2.75, 3.05) is 29.9 Å². The lowest BCUT2D eigenvalue weighted by Crippen LogP contribution is -2.38. The van der Waals surface area contributed by atoms with Crippen LogP contribution in [0.2, 0.25) is 0 Å². The molecule has 2 aromatic rings. The maximum absolute atomic E-state index is 13.4. The summed E-state index contributed by atoms with van der Waals surface area (Å²) in [4.78, 5) is 14.8. The van der Waals surface area contributed by atoms with Crippen molar-refractivity contribution in [3.63, 3.8) is 0 Å². The Morgan fingerprint density at radius 3 is 2.75 bits per heavy atom. The van der Waals surface area contributed by atoms with Crippen molar-refractivity contribution in [2.45, 2.75) is 26.4 Å². The quantitative estimate of drug-likeness (QED) is 0.819. The smallest absolute Gasteiger partial charge is 0.227 e. The summed E-state index contributed by atoms with van der Waals surface area (Å²) in [6.07, 6.45) is 1.36. The fourth-order valence-corrected chi connectivity index (χ4v) is 3.47. The van der Waals surface area contributed by atoms with Crippen LogP contribution >= 0.6 is 0 Å². The second kappa shape index (κ2) is 9.34. The van der Waals surface area contributed by atoms with E-state index in [9.17, 15) is 14.4 Å². The van der Waals surface area contributed by atoms with Crippen LogP contribution in [0.3, 0.4) is 0 Å². The van der Waals surface area contributed by atoms with E-state index >= 15 is 0 Å². The minimum absolute atomic E-state index is 0.00297. The summed E-state index contributed by atoms with van der Waals surface area (Å²) in [7, 11) is 0. The van der Waals surface area contributed by atoms with Crippen LogP contribution in [-0.4, -0.2) is 25.6 Å². The number of ether oxygens (including phenoxy) is 1. The molecule has 1 aliphatic rings. The molecule has 0 aliphatic carbocycles. The van der Waals surface area contributed by atoms with Crippen molar-refractivity contribution in [1.29, 1.82) is 5.26 Å². The van der Waals surface area contributed by atoms with Gasteiger partial charge in [-0.15, -0.1) is 0 Å². The number of nitrogens with zero attached hydrogens (tertiary/aromatic N) is 2. The minimum atomic E-state index is -0.416. The number of para-hydroxylation sites is 1. The Morgan fingerprint density at radius 2 is 2.04 bits per heavy atom. The Balaban J connectivity index is 1.61. The van der Waals surface area contributed by atoms with Crippen molar-refractivity contribution in [2.24, 2.45) is 5.92 Å². The van der Waals surface area contributed by atoms with Crippen LogP contribution in [0.5, 0.6) is 0 Å². The molecule has 6 heteroatoms. The molecule has 1 amide bonds. The molecule has 0 atom stereocenters. The molecule has 0 bridgehead atoms. The summed E-state index contributed by atoms with van der Waals surface area (Å²) >= 11 is 0. The van der Waals surface area contributed by atoms with Crippen LogP contribution in [-0.2, 0) is 16.1 Å². The van der Waals surface area contributed by atoms with Gasteiger partial charge >= 0.3 is 0 Å². The third-order valence-corrected chi connectivity index (χ3v) is 5.02. The number of carbonyl (C=O) groups is 1. The zero-order valence-electron chi connectivity index (χ0n) is 16.0. The minimum Gasteiger partial charge on any atom is -0.377 e. The molecule has 1 fully saturated rings. The molecule has 0 saturated carbocycles. The largest absolute Gasteiger partial charge is 0.377 e. The van der Waals surface area contributed by atoms with Gasteiger partial charge in [0.25, 0.3) is 0 Å². The van der Waals surface area contributed by atoms with Gasteiger partial charge in [0.1, 0.15) is 11.9 Å². The molecule has 2 aromatic carbocycles. The normalized spacial score (nSPS) is 14.5. The average molecular weight is 381 g/mol. The van der Waals surface area contributed by atoms with Gasteiger partial charge in [-0.1, -0.05) is 18.2 Å². The fraction of sp³-hybridized carbons (Fsp3) is 0.364. The summed E-state index contributed by atoms with van der Waals surface area (Å²) in [6, 6.07) is 14.0. The number of anilines is 2. The lowest BCUT2D eigenvalue weighted by Gasteiger charge is -2.33. The van der Waals surface area contributed by atoms with Crippen molar-refractivity contribution in [1.82, 2.24) is 0 Å². The Kier molecular flexibility index (Phi) is 6.62. The molecule has 28 heavy (non-hydrogen) atoms. The van der Waals surface area contributed by atoms with Crippen LogP contribution < -0.4 is 10.2 Å². The maximum Gasteiger partial charge on any atom is 0.227 e. The zero-order chi connectivity index (χ0) is 19.9.